The second-order valence-electron chi connectivity index (χ2n) is 8.63. The van der Waals surface area contributed by atoms with E-state index >= 15 is 0 Å². The van der Waals surface area contributed by atoms with Crippen LogP contribution in [-0.4, -0.2) is 49.1 Å². The van der Waals surface area contributed by atoms with Crippen LogP contribution in [0.25, 0.3) is 0 Å². The minimum Gasteiger partial charge on any atom is -0.477 e. The van der Waals surface area contributed by atoms with Gasteiger partial charge < -0.3 is 14.7 Å². The van der Waals surface area contributed by atoms with E-state index in [0.29, 0.717) is 12.3 Å². The summed E-state index contributed by atoms with van der Waals surface area (Å²) in [6, 6.07) is 20.4. The number of nitrogens with zero attached hydrogens (tertiary/aromatic N) is 3. The van der Waals surface area contributed by atoms with Gasteiger partial charge in [0.15, 0.2) is 13.0 Å². The molecule has 0 bridgehead atoms. The molecule has 0 aromatic heterocycles. The monoisotopic (exact) mass is 406 g/mol. The first-order valence-corrected chi connectivity index (χ1v) is 10.5. The van der Waals surface area contributed by atoms with E-state index in [1.54, 1.807) is 0 Å². The lowest BCUT2D eigenvalue weighted by molar-refractivity contribution is 0.0513. The molecule has 6 heteroatoms. The van der Waals surface area contributed by atoms with E-state index in [-0.39, 0.29) is 17.7 Å². The van der Waals surface area contributed by atoms with Crippen molar-refractivity contribution in [1.29, 1.82) is 5.26 Å². The quantitative estimate of drug-likeness (QED) is 0.795. The van der Waals surface area contributed by atoms with Crippen molar-refractivity contribution in [2.24, 2.45) is 0 Å². The van der Waals surface area contributed by atoms with E-state index in [9.17, 15) is 5.11 Å². The number of para-hydroxylation sites is 2. The fraction of sp³-hybridized carbons (Fsp3) is 0.458. The number of hydrogen-bond donors (Lipinski definition) is 2. The average molecular weight is 407 g/mol. The maximum absolute atomic E-state index is 10.8. The lowest BCUT2D eigenvalue weighted by Crippen LogP contribution is -2.54. The van der Waals surface area contributed by atoms with Crippen LogP contribution in [-0.2, 0) is 5.54 Å². The van der Waals surface area contributed by atoms with Crippen LogP contribution in [0, 0.1) is 11.3 Å². The Labute approximate surface area is 178 Å². The summed E-state index contributed by atoms with van der Waals surface area (Å²) >= 11 is 0. The zero-order valence-electron chi connectivity index (χ0n) is 17.7. The summed E-state index contributed by atoms with van der Waals surface area (Å²) in [6.45, 7) is 0.696. The Morgan fingerprint density at radius 2 is 1.77 bits per heavy atom. The summed E-state index contributed by atoms with van der Waals surface area (Å²) in [6.07, 6.45) is 3.19. The molecule has 0 amide bonds. The van der Waals surface area contributed by atoms with Crippen LogP contribution in [0.2, 0.25) is 0 Å². The highest BCUT2D eigenvalue weighted by Crippen LogP contribution is 2.47. The molecule has 6 nitrogen and oxygen atoms in total. The van der Waals surface area contributed by atoms with Gasteiger partial charge in [-0.2, -0.15) is 5.26 Å². The SMILES string of the molecule is CN(C)C1(c2ccccc2)CCC2(CC1)CN(c1ccccc1OCC#N)C(O)N2. The van der Waals surface area contributed by atoms with E-state index in [1.165, 1.54) is 5.56 Å². The summed E-state index contributed by atoms with van der Waals surface area (Å²) in [5, 5.41) is 23.2. The first-order chi connectivity index (χ1) is 14.5. The zero-order chi connectivity index (χ0) is 21.2. The third-order valence-corrected chi connectivity index (χ3v) is 6.87. The molecule has 0 radical (unpaired) electrons. The van der Waals surface area contributed by atoms with Gasteiger partial charge in [0.1, 0.15) is 11.8 Å². The van der Waals surface area contributed by atoms with Gasteiger partial charge in [-0.05, 0) is 57.5 Å². The molecule has 2 aliphatic rings. The van der Waals surface area contributed by atoms with Crippen molar-refractivity contribution in [1.82, 2.24) is 10.2 Å². The van der Waals surface area contributed by atoms with Gasteiger partial charge in [0.05, 0.1) is 5.69 Å². The molecule has 1 saturated heterocycles. The van der Waals surface area contributed by atoms with Crippen molar-refractivity contribution in [3.05, 3.63) is 60.2 Å². The van der Waals surface area contributed by atoms with Crippen LogP contribution in [0.3, 0.4) is 0 Å². The van der Waals surface area contributed by atoms with Gasteiger partial charge in [0, 0.05) is 17.6 Å². The highest BCUT2D eigenvalue weighted by Gasteiger charge is 2.50. The Morgan fingerprint density at radius 1 is 1.10 bits per heavy atom. The number of anilines is 1. The van der Waals surface area contributed by atoms with E-state index in [4.69, 9.17) is 10.00 Å². The van der Waals surface area contributed by atoms with Crippen LogP contribution < -0.4 is 15.0 Å². The Morgan fingerprint density at radius 3 is 2.43 bits per heavy atom. The third kappa shape index (κ3) is 3.65. The maximum Gasteiger partial charge on any atom is 0.184 e. The molecular formula is C24H30N4O2. The summed E-state index contributed by atoms with van der Waals surface area (Å²) in [4.78, 5) is 4.31. The first kappa shape index (κ1) is 20.7. The number of ether oxygens (including phenoxy) is 1. The van der Waals surface area contributed by atoms with E-state index in [2.05, 4.69) is 54.6 Å². The van der Waals surface area contributed by atoms with E-state index < -0.39 is 6.35 Å². The number of aliphatic hydroxyl groups excluding tert-OH is 1. The van der Waals surface area contributed by atoms with Crippen LogP contribution >= 0.6 is 0 Å². The molecule has 1 aliphatic carbocycles. The van der Waals surface area contributed by atoms with Gasteiger partial charge in [-0.1, -0.05) is 42.5 Å². The van der Waals surface area contributed by atoms with Crippen LogP contribution in [0.15, 0.2) is 54.6 Å². The predicted octanol–water partition coefficient (Wildman–Crippen LogP) is 3.04. The Kier molecular flexibility index (Phi) is 5.70. The lowest BCUT2D eigenvalue weighted by Gasteiger charge is -2.49. The number of aliphatic hydroxyl groups is 1. The second kappa shape index (κ2) is 8.27. The zero-order valence-corrected chi connectivity index (χ0v) is 17.7. The molecule has 1 saturated carbocycles. The summed E-state index contributed by atoms with van der Waals surface area (Å²) < 4.78 is 5.60. The Balaban J connectivity index is 1.54. The van der Waals surface area contributed by atoms with Gasteiger partial charge >= 0.3 is 0 Å². The Hall–Kier alpha value is -2.59. The van der Waals surface area contributed by atoms with Gasteiger partial charge in [-0.3, -0.25) is 10.2 Å². The molecular weight excluding hydrogens is 376 g/mol. The lowest BCUT2D eigenvalue weighted by atomic mass is 9.69. The van der Waals surface area contributed by atoms with Crippen LogP contribution in [0.1, 0.15) is 31.2 Å². The summed E-state index contributed by atoms with van der Waals surface area (Å²) in [7, 11) is 4.33. The fourth-order valence-corrected chi connectivity index (χ4v) is 5.14. The van der Waals surface area contributed by atoms with Crippen molar-refractivity contribution in [3.63, 3.8) is 0 Å². The maximum atomic E-state index is 10.8. The number of nitrogens with one attached hydrogen (secondary N) is 1. The molecule has 2 aromatic carbocycles. The van der Waals surface area contributed by atoms with Gasteiger partial charge in [0.25, 0.3) is 0 Å². The molecule has 2 aromatic rings. The van der Waals surface area contributed by atoms with Crippen molar-refractivity contribution in [3.8, 4) is 11.8 Å². The van der Waals surface area contributed by atoms with Crippen molar-refractivity contribution in [2.75, 3.05) is 32.1 Å². The molecule has 30 heavy (non-hydrogen) atoms. The number of benzene rings is 2. The number of nitriles is 1. The molecule has 1 aliphatic heterocycles. The predicted molar refractivity (Wildman–Crippen MR) is 117 cm³/mol. The molecule has 4 rings (SSSR count). The molecule has 1 heterocycles. The van der Waals surface area contributed by atoms with Gasteiger partial charge in [-0.15, -0.1) is 0 Å². The summed E-state index contributed by atoms with van der Waals surface area (Å²) in [5.74, 6) is 0.625. The third-order valence-electron chi connectivity index (χ3n) is 6.87. The minimum atomic E-state index is -0.777. The molecule has 2 N–H and O–H groups in total. The van der Waals surface area contributed by atoms with E-state index in [0.717, 1.165) is 31.4 Å². The molecule has 1 unspecified atom stereocenters. The molecule has 2 fully saturated rings. The van der Waals surface area contributed by atoms with Gasteiger partial charge in [-0.25, -0.2) is 0 Å². The highest BCUT2D eigenvalue weighted by molar-refractivity contribution is 5.60. The van der Waals surface area contributed by atoms with Crippen molar-refractivity contribution in [2.45, 2.75) is 43.1 Å². The number of rotatable bonds is 5. The topological polar surface area (TPSA) is 71.8 Å². The van der Waals surface area contributed by atoms with Crippen molar-refractivity contribution >= 4 is 5.69 Å². The van der Waals surface area contributed by atoms with E-state index in [1.807, 2.05) is 35.2 Å². The second-order valence-corrected chi connectivity index (χ2v) is 8.63. The summed E-state index contributed by atoms with van der Waals surface area (Å²) in [5.41, 5.74) is 2.05. The Bertz CT molecular complexity index is 901. The largest absolute Gasteiger partial charge is 0.477 e. The standard InChI is InChI=1S/C24H30N4O2/c1-27(2)24(19-8-4-3-5-9-19)14-12-23(13-15-24)18-28(22(29)26-23)20-10-6-7-11-21(20)30-17-16-25/h3-11,22,26,29H,12-15,17-18H2,1-2H3. The molecule has 1 spiro atoms. The molecule has 158 valence electrons. The van der Waals surface area contributed by atoms with Gasteiger partial charge in [0.2, 0.25) is 0 Å². The minimum absolute atomic E-state index is 0.0120. The smallest absolute Gasteiger partial charge is 0.184 e. The van der Waals surface area contributed by atoms with Crippen LogP contribution in [0.5, 0.6) is 5.75 Å². The molecule has 1 atom stereocenters. The fourth-order valence-electron chi connectivity index (χ4n) is 5.14. The highest BCUT2D eigenvalue weighted by atomic mass is 16.5. The normalized spacial score (nSPS) is 28.6. The number of hydrogen-bond acceptors (Lipinski definition) is 6. The average Bonchev–Trinajstić information content (AvgIpc) is 3.09. The van der Waals surface area contributed by atoms with Crippen LogP contribution in [0.4, 0.5) is 5.69 Å². The first-order valence-electron chi connectivity index (χ1n) is 10.5. The van der Waals surface area contributed by atoms with Crippen molar-refractivity contribution < 1.29 is 9.84 Å².